The Hall–Kier alpha value is -2.11. The van der Waals surface area contributed by atoms with Crippen molar-refractivity contribution in [2.75, 3.05) is 18.9 Å². The second-order valence-electron chi connectivity index (χ2n) is 4.59. The first-order valence-electron chi connectivity index (χ1n) is 5.60. The molecule has 1 heterocycles. The van der Waals surface area contributed by atoms with Crippen LogP contribution in [0.15, 0.2) is 18.2 Å². The van der Waals surface area contributed by atoms with Crippen molar-refractivity contribution in [2.45, 2.75) is 13.8 Å². The van der Waals surface area contributed by atoms with Crippen LogP contribution in [0.5, 0.6) is 0 Å². The molecule has 0 saturated heterocycles. The maximum absolute atomic E-state index is 11.8. The van der Waals surface area contributed by atoms with E-state index >= 15 is 0 Å². The molecule has 6 heteroatoms. The summed E-state index contributed by atoms with van der Waals surface area (Å²) in [7, 11) is 1.72. The van der Waals surface area contributed by atoms with Crippen molar-refractivity contribution in [3.8, 4) is 0 Å². The van der Waals surface area contributed by atoms with Crippen LogP contribution in [0.2, 0.25) is 0 Å². The molecule has 0 atom stereocenters. The first-order chi connectivity index (χ1) is 8.36. The van der Waals surface area contributed by atoms with Gasteiger partial charge in [-0.1, -0.05) is 6.07 Å². The van der Waals surface area contributed by atoms with Gasteiger partial charge in [0.05, 0.1) is 5.41 Å². The molecule has 1 aromatic rings. The van der Waals surface area contributed by atoms with Crippen molar-refractivity contribution >= 4 is 17.6 Å². The van der Waals surface area contributed by atoms with E-state index in [9.17, 15) is 9.59 Å². The number of anilines is 1. The van der Waals surface area contributed by atoms with E-state index in [4.69, 9.17) is 5.73 Å². The second-order valence-corrected chi connectivity index (χ2v) is 4.59. The highest BCUT2D eigenvalue weighted by molar-refractivity contribution is 5.93. The number of carbonyl (C=O) groups excluding carboxylic acids is 2. The number of pyridine rings is 1. The lowest BCUT2D eigenvalue weighted by molar-refractivity contribution is -0.125. The zero-order valence-electron chi connectivity index (χ0n) is 10.8. The van der Waals surface area contributed by atoms with Crippen molar-refractivity contribution < 1.29 is 9.59 Å². The monoisotopic (exact) mass is 250 g/mol. The molecule has 0 unspecified atom stereocenters. The molecular weight excluding hydrogens is 232 g/mol. The molecule has 0 radical (unpaired) electrons. The van der Waals surface area contributed by atoms with Crippen LogP contribution in [-0.4, -0.2) is 30.4 Å². The molecular formula is C12H18N4O2. The molecule has 0 bridgehead atoms. The molecule has 0 aliphatic carbocycles. The van der Waals surface area contributed by atoms with E-state index in [-0.39, 0.29) is 12.5 Å². The molecule has 1 aromatic heterocycles. The fourth-order valence-electron chi connectivity index (χ4n) is 1.18. The van der Waals surface area contributed by atoms with Gasteiger partial charge in [0.15, 0.2) is 0 Å². The van der Waals surface area contributed by atoms with Crippen molar-refractivity contribution in [1.29, 1.82) is 0 Å². The number of nitrogens with zero attached hydrogens (tertiary/aromatic N) is 1. The number of nitrogens with one attached hydrogen (secondary N) is 2. The van der Waals surface area contributed by atoms with Gasteiger partial charge in [-0.05, 0) is 26.0 Å². The fraction of sp³-hybridized carbons (Fsp3) is 0.417. The Morgan fingerprint density at radius 1 is 1.39 bits per heavy atom. The SMILES string of the molecule is CNc1cccc(C(=O)NCC(C)(C)C(N)=O)n1. The molecule has 2 amide bonds. The summed E-state index contributed by atoms with van der Waals surface area (Å²) in [6, 6.07) is 5.09. The number of nitrogens with two attached hydrogens (primary N) is 1. The third-order valence-corrected chi connectivity index (χ3v) is 2.60. The summed E-state index contributed by atoms with van der Waals surface area (Å²) in [6.07, 6.45) is 0. The Kier molecular flexibility index (Phi) is 4.25. The van der Waals surface area contributed by atoms with Crippen LogP contribution in [0.25, 0.3) is 0 Å². The van der Waals surface area contributed by atoms with E-state index in [0.29, 0.717) is 11.5 Å². The summed E-state index contributed by atoms with van der Waals surface area (Å²) in [6.45, 7) is 3.52. The second kappa shape index (κ2) is 5.48. The first-order valence-corrected chi connectivity index (χ1v) is 5.60. The maximum Gasteiger partial charge on any atom is 0.270 e. The highest BCUT2D eigenvalue weighted by atomic mass is 16.2. The topological polar surface area (TPSA) is 97.1 Å². The molecule has 0 aliphatic rings. The van der Waals surface area contributed by atoms with Crippen molar-refractivity contribution in [1.82, 2.24) is 10.3 Å². The quantitative estimate of drug-likeness (QED) is 0.703. The Morgan fingerprint density at radius 2 is 2.06 bits per heavy atom. The number of carbonyl (C=O) groups is 2. The predicted molar refractivity (Wildman–Crippen MR) is 69.1 cm³/mol. The summed E-state index contributed by atoms with van der Waals surface area (Å²) in [5.74, 6) is -0.182. The van der Waals surface area contributed by atoms with E-state index in [1.165, 1.54) is 0 Å². The maximum atomic E-state index is 11.8. The smallest absolute Gasteiger partial charge is 0.270 e. The van der Waals surface area contributed by atoms with Crippen LogP contribution in [0.3, 0.4) is 0 Å². The van der Waals surface area contributed by atoms with Crippen LogP contribution < -0.4 is 16.4 Å². The number of hydrogen-bond donors (Lipinski definition) is 3. The van der Waals surface area contributed by atoms with Gasteiger partial charge in [0.25, 0.3) is 5.91 Å². The summed E-state index contributed by atoms with van der Waals surface area (Å²) >= 11 is 0. The van der Waals surface area contributed by atoms with Gasteiger partial charge in [-0.15, -0.1) is 0 Å². The first kappa shape index (κ1) is 14.0. The minimum atomic E-state index is -0.781. The number of rotatable bonds is 5. The molecule has 6 nitrogen and oxygen atoms in total. The van der Waals surface area contributed by atoms with Gasteiger partial charge in [-0.25, -0.2) is 4.98 Å². The third kappa shape index (κ3) is 3.44. The zero-order valence-corrected chi connectivity index (χ0v) is 10.8. The van der Waals surface area contributed by atoms with Gasteiger partial charge in [-0.2, -0.15) is 0 Å². The van der Waals surface area contributed by atoms with Crippen LogP contribution >= 0.6 is 0 Å². The van der Waals surface area contributed by atoms with Gasteiger partial charge in [0.2, 0.25) is 5.91 Å². The largest absolute Gasteiger partial charge is 0.373 e. The summed E-state index contributed by atoms with van der Waals surface area (Å²) in [5.41, 5.74) is 4.74. The lowest BCUT2D eigenvalue weighted by atomic mass is 9.93. The highest BCUT2D eigenvalue weighted by Crippen LogP contribution is 2.12. The lowest BCUT2D eigenvalue weighted by Crippen LogP contribution is -2.42. The van der Waals surface area contributed by atoms with Crippen LogP contribution in [0.4, 0.5) is 5.82 Å². The predicted octanol–water partition coefficient (Wildman–Crippen LogP) is 0.365. The standard InChI is InChI=1S/C12H18N4O2/c1-12(2,11(13)18)7-15-10(17)8-5-4-6-9(14-3)16-8/h4-6H,7H2,1-3H3,(H2,13,18)(H,14,16)(H,15,17). The number of primary amides is 1. The lowest BCUT2D eigenvalue weighted by Gasteiger charge is -2.20. The minimum absolute atomic E-state index is 0.173. The Bertz CT molecular complexity index is 457. The van der Waals surface area contributed by atoms with Gasteiger partial charge >= 0.3 is 0 Å². The van der Waals surface area contributed by atoms with Gasteiger partial charge in [-0.3, -0.25) is 9.59 Å². The van der Waals surface area contributed by atoms with Crippen molar-refractivity contribution in [2.24, 2.45) is 11.1 Å². The van der Waals surface area contributed by atoms with E-state index in [1.807, 2.05) is 0 Å². The molecule has 4 N–H and O–H groups in total. The molecule has 98 valence electrons. The summed E-state index contributed by atoms with van der Waals surface area (Å²) in [5, 5.41) is 5.49. The Labute approximate surface area is 106 Å². The summed E-state index contributed by atoms with van der Waals surface area (Å²) in [4.78, 5) is 27.0. The highest BCUT2D eigenvalue weighted by Gasteiger charge is 2.25. The van der Waals surface area contributed by atoms with Gasteiger partial charge in [0.1, 0.15) is 11.5 Å². The Balaban J connectivity index is 2.68. The van der Waals surface area contributed by atoms with Crippen molar-refractivity contribution in [3.63, 3.8) is 0 Å². The molecule has 0 aliphatic heterocycles. The molecule has 0 aromatic carbocycles. The van der Waals surface area contributed by atoms with Crippen LogP contribution in [-0.2, 0) is 4.79 Å². The van der Waals surface area contributed by atoms with Gasteiger partial charge in [0, 0.05) is 13.6 Å². The van der Waals surface area contributed by atoms with E-state index in [0.717, 1.165) is 0 Å². The normalized spacial score (nSPS) is 10.8. The molecule has 18 heavy (non-hydrogen) atoms. The third-order valence-electron chi connectivity index (χ3n) is 2.60. The molecule has 0 spiro atoms. The average molecular weight is 250 g/mol. The number of hydrogen-bond acceptors (Lipinski definition) is 4. The van der Waals surface area contributed by atoms with E-state index < -0.39 is 11.3 Å². The van der Waals surface area contributed by atoms with Crippen LogP contribution in [0.1, 0.15) is 24.3 Å². The molecule has 0 saturated carbocycles. The van der Waals surface area contributed by atoms with Crippen molar-refractivity contribution in [3.05, 3.63) is 23.9 Å². The fourth-order valence-corrected chi connectivity index (χ4v) is 1.18. The summed E-state index contributed by atoms with van der Waals surface area (Å²) < 4.78 is 0. The number of amides is 2. The number of aromatic nitrogens is 1. The minimum Gasteiger partial charge on any atom is -0.373 e. The Morgan fingerprint density at radius 3 is 2.61 bits per heavy atom. The molecule has 1 rings (SSSR count). The zero-order chi connectivity index (χ0) is 13.8. The average Bonchev–Trinajstić information content (AvgIpc) is 2.36. The van der Waals surface area contributed by atoms with E-state index in [2.05, 4.69) is 15.6 Å². The van der Waals surface area contributed by atoms with E-state index in [1.54, 1.807) is 39.1 Å². The van der Waals surface area contributed by atoms with Crippen LogP contribution in [0, 0.1) is 5.41 Å². The van der Waals surface area contributed by atoms with Gasteiger partial charge < -0.3 is 16.4 Å². The molecule has 0 fully saturated rings.